The Hall–Kier alpha value is -0.800. The largest absolute Gasteiger partial charge is 0.468 e. The lowest BCUT2D eigenvalue weighted by molar-refractivity contribution is 0.155. The molecule has 1 atom stereocenters. The third-order valence-corrected chi connectivity index (χ3v) is 3.25. The van der Waals surface area contributed by atoms with Gasteiger partial charge in [-0.15, -0.1) is 0 Å². The summed E-state index contributed by atoms with van der Waals surface area (Å²) in [5, 5.41) is 3.45. The maximum absolute atomic E-state index is 5.40. The molecule has 3 nitrogen and oxygen atoms in total. The van der Waals surface area contributed by atoms with Gasteiger partial charge < -0.3 is 9.73 Å². The normalized spacial score (nSPS) is 22.4. The first-order chi connectivity index (χ1) is 7.88. The van der Waals surface area contributed by atoms with Crippen LogP contribution in [0.5, 0.6) is 0 Å². The molecule has 0 aliphatic carbocycles. The van der Waals surface area contributed by atoms with Crippen LogP contribution in [0.1, 0.15) is 25.5 Å². The molecule has 1 fully saturated rings. The van der Waals surface area contributed by atoms with E-state index < -0.39 is 0 Å². The topological polar surface area (TPSA) is 28.4 Å². The molecule has 1 saturated heterocycles. The minimum absolute atomic E-state index is 0.809. The van der Waals surface area contributed by atoms with E-state index in [9.17, 15) is 0 Å². The molecule has 0 spiro atoms. The summed E-state index contributed by atoms with van der Waals surface area (Å²) >= 11 is 0. The number of nitrogens with zero attached hydrogens (tertiary/aromatic N) is 1. The Morgan fingerprint density at radius 2 is 2.50 bits per heavy atom. The molecule has 0 bridgehead atoms. The van der Waals surface area contributed by atoms with Crippen LogP contribution in [0.3, 0.4) is 0 Å². The SMILES string of the molecule is CCNCC1CCCN(Cc2ccco2)C1. The van der Waals surface area contributed by atoms with Gasteiger partial charge in [-0.3, -0.25) is 4.90 Å². The quantitative estimate of drug-likeness (QED) is 0.827. The number of hydrogen-bond donors (Lipinski definition) is 1. The first-order valence-corrected chi connectivity index (χ1v) is 6.34. The van der Waals surface area contributed by atoms with Gasteiger partial charge in [-0.25, -0.2) is 0 Å². The fourth-order valence-electron chi connectivity index (χ4n) is 2.43. The van der Waals surface area contributed by atoms with E-state index in [1.54, 1.807) is 6.26 Å². The predicted octanol–water partition coefficient (Wildman–Crippen LogP) is 2.10. The molecule has 2 rings (SSSR count). The summed E-state index contributed by atoms with van der Waals surface area (Å²) < 4.78 is 5.40. The van der Waals surface area contributed by atoms with Crippen molar-refractivity contribution in [1.29, 1.82) is 0 Å². The van der Waals surface area contributed by atoms with Gasteiger partial charge in [0.05, 0.1) is 12.8 Å². The van der Waals surface area contributed by atoms with Crippen molar-refractivity contribution < 1.29 is 4.42 Å². The monoisotopic (exact) mass is 222 g/mol. The highest BCUT2D eigenvalue weighted by atomic mass is 16.3. The van der Waals surface area contributed by atoms with E-state index in [1.807, 2.05) is 6.07 Å². The van der Waals surface area contributed by atoms with Crippen molar-refractivity contribution in [2.45, 2.75) is 26.3 Å². The zero-order valence-corrected chi connectivity index (χ0v) is 10.1. The van der Waals surface area contributed by atoms with E-state index in [4.69, 9.17) is 4.42 Å². The van der Waals surface area contributed by atoms with Crippen LogP contribution >= 0.6 is 0 Å². The highest BCUT2D eigenvalue weighted by Gasteiger charge is 2.19. The van der Waals surface area contributed by atoms with E-state index in [0.717, 1.165) is 31.3 Å². The van der Waals surface area contributed by atoms with Gasteiger partial charge in [0.2, 0.25) is 0 Å². The molecule has 1 aromatic heterocycles. The van der Waals surface area contributed by atoms with Crippen LogP contribution in [0.2, 0.25) is 0 Å². The van der Waals surface area contributed by atoms with E-state index in [-0.39, 0.29) is 0 Å². The van der Waals surface area contributed by atoms with Crippen LogP contribution in [0, 0.1) is 5.92 Å². The first-order valence-electron chi connectivity index (χ1n) is 6.34. The molecule has 2 heterocycles. The number of hydrogen-bond acceptors (Lipinski definition) is 3. The summed E-state index contributed by atoms with van der Waals surface area (Å²) in [7, 11) is 0. The molecule has 0 aromatic carbocycles. The lowest BCUT2D eigenvalue weighted by Crippen LogP contribution is -2.39. The standard InChI is InChI=1S/C13H22N2O/c1-2-14-9-12-5-3-7-15(10-12)11-13-6-4-8-16-13/h4,6,8,12,14H,2-3,5,7,9-11H2,1H3. The summed E-state index contributed by atoms with van der Waals surface area (Å²) in [5.74, 6) is 1.90. The first kappa shape index (κ1) is 11.7. The van der Waals surface area contributed by atoms with Crippen molar-refractivity contribution in [3.63, 3.8) is 0 Å². The summed E-state index contributed by atoms with van der Waals surface area (Å²) in [6, 6.07) is 4.03. The van der Waals surface area contributed by atoms with Crippen molar-refractivity contribution in [1.82, 2.24) is 10.2 Å². The van der Waals surface area contributed by atoms with Gasteiger partial charge in [-0.05, 0) is 50.5 Å². The highest BCUT2D eigenvalue weighted by molar-refractivity contribution is 4.98. The van der Waals surface area contributed by atoms with Crippen molar-refractivity contribution in [2.24, 2.45) is 5.92 Å². The average molecular weight is 222 g/mol. The molecule has 1 aromatic rings. The lowest BCUT2D eigenvalue weighted by atomic mass is 9.98. The summed E-state index contributed by atoms with van der Waals surface area (Å²) in [6.45, 7) is 7.79. The Balaban J connectivity index is 1.77. The van der Waals surface area contributed by atoms with E-state index in [1.165, 1.54) is 25.9 Å². The van der Waals surface area contributed by atoms with E-state index in [2.05, 4.69) is 23.2 Å². The van der Waals surface area contributed by atoms with Crippen LogP contribution in [-0.2, 0) is 6.54 Å². The van der Waals surface area contributed by atoms with Gasteiger partial charge in [-0.1, -0.05) is 6.92 Å². The van der Waals surface area contributed by atoms with Gasteiger partial charge in [0, 0.05) is 6.54 Å². The molecule has 0 saturated carbocycles. The fraction of sp³-hybridized carbons (Fsp3) is 0.692. The van der Waals surface area contributed by atoms with Crippen molar-refractivity contribution in [3.05, 3.63) is 24.2 Å². The third kappa shape index (κ3) is 3.35. The molecule has 1 aliphatic rings. The number of likely N-dealkylation sites (tertiary alicyclic amines) is 1. The molecule has 0 amide bonds. The van der Waals surface area contributed by atoms with Gasteiger partial charge in [0.15, 0.2) is 0 Å². The second-order valence-corrected chi connectivity index (χ2v) is 4.63. The Morgan fingerprint density at radius 3 is 3.25 bits per heavy atom. The Labute approximate surface area is 97.8 Å². The zero-order chi connectivity index (χ0) is 11.2. The molecule has 1 N–H and O–H groups in total. The summed E-state index contributed by atoms with van der Waals surface area (Å²) in [4.78, 5) is 2.50. The Kier molecular flexibility index (Phi) is 4.43. The minimum Gasteiger partial charge on any atom is -0.468 e. The molecule has 1 aliphatic heterocycles. The molecule has 90 valence electrons. The van der Waals surface area contributed by atoms with Gasteiger partial charge in [0.1, 0.15) is 5.76 Å². The van der Waals surface area contributed by atoms with Gasteiger partial charge in [-0.2, -0.15) is 0 Å². The maximum Gasteiger partial charge on any atom is 0.117 e. The number of furan rings is 1. The minimum atomic E-state index is 0.809. The van der Waals surface area contributed by atoms with Crippen molar-refractivity contribution in [3.8, 4) is 0 Å². The summed E-state index contributed by atoms with van der Waals surface area (Å²) in [5.41, 5.74) is 0. The van der Waals surface area contributed by atoms with Crippen molar-refractivity contribution in [2.75, 3.05) is 26.2 Å². The van der Waals surface area contributed by atoms with Crippen LogP contribution in [-0.4, -0.2) is 31.1 Å². The number of nitrogens with one attached hydrogen (secondary N) is 1. The Morgan fingerprint density at radius 1 is 1.56 bits per heavy atom. The third-order valence-electron chi connectivity index (χ3n) is 3.25. The van der Waals surface area contributed by atoms with Crippen LogP contribution in [0.15, 0.2) is 22.8 Å². The van der Waals surface area contributed by atoms with Crippen LogP contribution in [0.4, 0.5) is 0 Å². The molecular formula is C13H22N2O. The molecule has 0 radical (unpaired) electrons. The van der Waals surface area contributed by atoms with E-state index >= 15 is 0 Å². The molecular weight excluding hydrogens is 200 g/mol. The summed E-state index contributed by atoms with van der Waals surface area (Å²) in [6.07, 6.45) is 4.44. The smallest absolute Gasteiger partial charge is 0.117 e. The lowest BCUT2D eigenvalue weighted by Gasteiger charge is -2.32. The van der Waals surface area contributed by atoms with Gasteiger partial charge in [0.25, 0.3) is 0 Å². The second kappa shape index (κ2) is 6.06. The Bertz CT molecular complexity index is 284. The van der Waals surface area contributed by atoms with Gasteiger partial charge >= 0.3 is 0 Å². The van der Waals surface area contributed by atoms with Crippen LogP contribution in [0.25, 0.3) is 0 Å². The number of rotatable bonds is 5. The molecule has 1 unspecified atom stereocenters. The van der Waals surface area contributed by atoms with Crippen LogP contribution < -0.4 is 5.32 Å². The average Bonchev–Trinajstić information content (AvgIpc) is 2.80. The highest BCUT2D eigenvalue weighted by Crippen LogP contribution is 2.18. The molecule has 3 heteroatoms. The fourth-order valence-corrected chi connectivity index (χ4v) is 2.43. The number of piperidine rings is 1. The van der Waals surface area contributed by atoms with E-state index in [0.29, 0.717) is 0 Å². The second-order valence-electron chi connectivity index (χ2n) is 4.63. The zero-order valence-electron chi connectivity index (χ0n) is 10.1. The van der Waals surface area contributed by atoms with Crippen molar-refractivity contribution >= 4 is 0 Å². The predicted molar refractivity (Wildman–Crippen MR) is 65.3 cm³/mol. The molecule has 16 heavy (non-hydrogen) atoms. The maximum atomic E-state index is 5.40.